The quantitative estimate of drug-likeness (QED) is 0.452. The highest BCUT2D eigenvalue weighted by atomic mass is 35.5. The van der Waals surface area contributed by atoms with E-state index in [9.17, 15) is 4.79 Å². The fourth-order valence-corrected chi connectivity index (χ4v) is 3.50. The van der Waals surface area contributed by atoms with Crippen molar-refractivity contribution in [2.24, 2.45) is 10.2 Å². The van der Waals surface area contributed by atoms with Gasteiger partial charge in [0.1, 0.15) is 5.69 Å². The number of aromatic amines is 1. The lowest BCUT2D eigenvalue weighted by Crippen LogP contribution is -2.13. The van der Waals surface area contributed by atoms with Gasteiger partial charge < -0.3 is 0 Å². The van der Waals surface area contributed by atoms with Crippen molar-refractivity contribution in [1.29, 1.82) is 0 Å². The number of hydrogen-bond acceptors (Lipinski definition) is 5. The van der Waals surface area contributed by atoms with Gasteiger partial charge in [-0.25, -0.2) is 4.98 Å². The Morgan fingerprint density at radius 2 is 1.81 bits per heavy atom. The standard InChI is InChI=1S/C19H14ClN5OS/c1-12-17(23-22-15-10-6-5-9-14(15)20)18(26)25(24-12)19-21-16(11-27-19)13-7-3-2-4-8-13/h2-11,24H,1H3. The van der Waals surface area contributed by atoms with Gasteiger partial charge in [0.2, 0.25) is 5.13 Å². The van der Waals surface area contributed by atoms with Crippen molar-refractivity contribution in [3.63, 3.8) is 0 Å². The Morgan fingerprint density at radius 1 is 1.07 bits per heavy atom. The minimum Gasteiger partial charge on any atom is -0.291 e. The number of aryl methyl sites for hydroxylation is 1. The monoisotopic (exact) mass is 395 g/mol. The second-order valence-electron chi connectivity index (χ2n) is 5.76. The molecular weight excluding hydrogens is 382 g/mol. The lowest BCUT2D eigenvalue weighted by atomic mass is 10.2. The van der Waals surface area contributed by atoms with Crippen LogP contribution in [0.5, 0.6) is 0 Å². The van der Waals surface area contributed by atoms with Gasteiger partial charge in [0.05, 0.1) is 16.4 Å². The molecule has 27 heavy (non-hydrogen) atoms. The predicted octanol–water partition coefficient (Wildman–Crippen LogP) is 5.67. The predicted molar refractivity (Wildman–Crippen MR) is 108 cm³/mol. The Kier molecular flexibility index (Phi) is 4.70. The number of thiazole rings is 1. The molecule has 0 aliphatic rings. The van der Waals surface area contributed by atoms with Gasteiger partial charge in [-0.3, -0.25) is 9.89 Å². The van der Waals surface area contributed by atoms with Crippen molar-refractivity contribution in [3.05, 3.63) is 81.0 Å². The normalized spacial score (nSPS) is 11.3. The molecule has 2 aromatic carbocycles. The number of rotatable bonds is 4. The second-order valence-corrected chi connectivity index (χ2v) is 7.00. The molecular formula is C19H14ClN5OS. The summed E-state index contributed by atoms with van der Waals surface area (Å²) in [5.41, 5.74) is 2.84. The molecule has 0 spiro atoms. The fourth-order valence-electron chi connectivity index (χ4n) is 2.54. The summed E-state index contributed by atoms with van der Waals surface area (Å²) in [5.74, 6) is 0. The Balaban J connectivity index is 1.69. The van der Waals surface area contributed by atoms with Crippen LogP contribution in [0.3, 0.4) is 0 Å². The SMILES string of the molecule is Cc1[nH]n(-c2nc(-c3ccccc3)cs2)c(=O)c1N=Nc1ccccc1Cl. The molecule has 0 radical (unpaired) electrons. The average Bonchev–Trinajstić information content (AvgIpc) is 3.27. The summed E-state index contributed by atoms with van der Waals surface area (Å²) < 4.78 is 1.38. The minimum absolute atomic E-state index is 0.228. The van der Waals surface area contributed by atoms with Gasteiger partial charge in [0.25, 0.3) is 0 Å². The highest BCUT2D eigenvalue weighted by Gasteiger charge is 2.15. The van der Waals surface area contributed by atoms with Crippen molar-refractivity contribution in [2.45, 2.75) is 6.92 Å². The highest BCUT2D eigenvalue weighted by Crippen LogP contribution is 2.27. The molecule has 8 heteroatoms. The third-order valence-electron chi connectivity index (χ3n) is 3.90. The summed E-state index contributed by atoms with van der Waals surface area (Å²) in [6.45, 7) is 1.77. The van der Waals surface area contributed by atoms with E-state index >= 15 is 0 Å². The molecule has 0 saturated heterocycles. The summed E-state index contributed by atoms with van der Waals surface area (Å²) >= 11 is 7.46. The van der Waals surface area contributed by atoms with Crippen LogP contribution in [0.4, 0.5) is 11.4 Å². The maximum absolute atomic E-state index is 12.8. The second kappa shape index (κ2) is 7.30. The molecule has 0 aliphatic carbocycles. The van der Waals surface area contributed by atoms with Crippen LogP contribution in [-0.2, 0) is 0 Å². The average molecular weight is 396 g/mol. The Labute approximate surface area is 163 Å². The maximum atomic E-state index is 12.8. The van der Waals surface area contributed by atoms with E-state index in [1.807, 2.05) is 47.8 Å². The first-order chi connectivity index (χ1) is 13.1. The van der Waals surface area contributed by atoms with Crippen molar-refractivity contribution in [3.8, 4) is 16.4 Å². The lowest BCUT2D eigenvalue weighted by Gasteiger charge is -1.95. The molecule has 4 aromatic rings. The van der Waals surface area contributed by atoms with Gasteiger partial charge in [-0.15, -0.1) is 21.6 Å². The van der Waals surface area contributed by atoms with Gasteiger partial charge in [0, 0.05) is 10.9 Å². The first kappa shape index (κ1) is 17.4. The van der Waals surface area contributed by atoms with Crippen molar-refractivity contribution >= 4 is 34.3 Å². The van der Waals surface area contributed by atoms with Crippen LogP contribution in [-0.4, -0.2) is 14.8 Å². The molecule has 0 bridgehead atoms. The third kappa shape index (κ3) is 3.47. The molecule has 0 unspecified atom stereocenters. The molecule has 0 atom stereocenters. The molecule has 0 aliphatic heterocycles. The Hall–Kier alpha value is -3.03. The molecule has 0 fully saturated rings. The number of azo groups is 1. The largest absolute Gasteiger partial charge is 0.301 e. The maximum Gasteiger partial charge on any atom is 0.301 e. The van der Waals surface area contributed by atoms with Gasteiger partial charge in [0.15, 0.2) is 5.69 Å². The van der Waals surface area contributed by atoms with E-state index in [1.54, 1.807) is 19.1 Å². The Bertz CT molecular complexity index is 1180. The molecule has 2 aromatic heterocycles. The van der Waals surface area contributed by atoms with E-state index in [0.29, 0.717) is 21.5 Å². The zero-order chi connectivity index (χ0) is 18.8. The van der Waals surface area contributed by atoms with Crippen LogP contribution in [0.25, 0.3) is 16.4 Å². The number of nitrogens with one attached hydrogen (secondary N) is 1. The van der Waals surface area contributed by atoms with Crippen molar-refractivity contribution in [2.75, 3.05) is 0 Å². The van der Waals surface area contributed by atoms with E-state index < -0.39 is 0 Å². The highest BCUT2D eigenvalue weighted by molar-refractivity contribution is 7.12. The molecule has 1 N–H and O–H groups in total. The van der Waals surface area contributed by atoms with Gasteiger partial charge in [-0.2, -0.15) is 4.68 Å². The number of halogens is 1. The zero-order valence-electron chi connectivity index (χ0n) is 14.3. The van der Waals surface area contributed by atoms with Crippen LogP contribution in [0.2, 0.25) is 5.02 Å². The zero-order valence-corrected chi connectivity index (χ0v) is 15.8. The molecule has 2 heterocycles. The molecule has 6 nitrogen and oxygen atoms in total. The number of H-pyrrole nitrogens is 1. The first-order valence-corrected chi connectivity index (χ1v) is 9.38. The first-order valence-electron chi connectivity index (χ1n) is 8.12. The van der Waals surface area contributed by atoms with Crippen LogP contribution in [0, 0.1) is 6.92 Å². The van der Waals surface area contributed by atoms with E-state index in [-0.39, 0.29) is 11.2 Å². The van der Waals surface area contributed by atoms with Crippen LogP contribution >= 0.6 is 22.9 Å². The fraction of sp³-hybridized carbons (Fsp3) is 0.0526. The number of hydrogen-bond donors (Lipinski definition) is 1. The minimum atomic E-state index is -0.308. The topological polar surface area (TPSA) is 75.4 Å². The third-order valence-corrected chi connectivity index (χ3v) is 5.05. The smallest absolute Gasteiger partial charge is 0.291 e. The molecule has 0 saturated carbocycles. The summed E-state index contributed by atoms with van der Waals surface area (Å²) in [4.78, 5) is 17.3. The van der Waals surface area contributed by atoms with E-state index in [2.05, 4.69) is 20.3 Å². The number of aromatic nitrogens is 3. The van der Waals surface area contributed by atoms with Gasteiger partial charge in [-0.1, -0.05) is 54.1 Å². The van der Waals surface area contributed by atoms with E-state index in [1.165, 1.54) is 16.0 Å². The van der Waals surface area contributed by atoms with Crippen LogP contribution < -0.4 is 5.56 Å². The molecule has 4 rings (SSSR count). The number of benzene rings is 2. The van der Waals surface area contributed by atoms with Crippen LogP contribution in [0.15, 0.2) is 75.0 Å². The van der Waals surface area contributed by atoms with E-state index in [0.717, 1.165) is 11.3 Å². The van der Waals surface area contributed by atoms with Gasteiger partial charge >= 0.3 is 5.56 Å². The Morgan fingerprint density at radius 3 is 2.59 bits per heavy atom. The summed E-state index contributed by atoms with van der Waals surface area (Å²) in [6.07, 6.45) is 0. The van der Waals surface area contributed by atoms with Crippen molar-refractivity contribution < 1.29 is 0 Å². The summed E-state index contributed by atoms with van der Waals surface area (Å²) in [6, 6.07) is 16.9. The van der Waals surface area contributed by atoms with E-state index in [4.69, 9.17) is 11.6 Å². The summed E-state index contributed by atoms with van der Waals surface area (Å²) in [7, 11) is 0. The summed E-state index contributed by atoms with van der Waals surface area (Å²) in [5, 5.41) is 14.1. The van der Waals surface area contributed by atoms with Crippen LogP contribution in [0.1, 0.15) is 5.69 Å². The lowest BCUT2D eigenvalue weighted by molar-refractivity contribution is 0.827. The van der Waals surface area contributed by atoms with Gasteiger partial charge in [-0.05, 0) is 19.1 Å². The number of nitrogens with zero attached hydrogens (tertiary/aromatic N) is 4. The van der Waals surface area contributed by atoms with Crippen molar-refractivity contribution in [1.82, 2.24) is 14.8 Å². The molecule has 134 valence electrons. The molecule has 0 amide bonds.